The third-order valence-electron chi connectivity index (χ3n) is 1.92. The molecule has 0 aromatic carbocycles. The summed E-state index contributed by atoms with van der Waals surface area (Å²) >= 11 is 3.06. The summed E-state index contributed by atoms with van der Waals surface area (Å²) in [5, 5.41) is 1.36. The summed E-state index contributed by atoms with van der Waals surface area (Å²) in [7, 11) is 0. The van der Waals surface area contributed by atoms with Gasteiger partial charge in [0.15, 0.2) is 10.3 Å². The van der Waals surface area contributed by atoms with Gasteiger partial charge in [-0.2, -0.15) is 9.97 Å². The highest BCUT2D eigenvalue weighted by atomic mass is 32.2. The average molecular weight is 280 g/mol. The van der Waals surface area contributed by atoms with Crippen molar-refractivity contribution in [3.05, 3.63) is 12.7 Å². The third-order valence-corrected chi connectivity index (χ3v) is 3.55. The SMILES string of the molecule is CCCSc1ncnc(-c2ncnc(SC)n2)n1. The first-order valence-electron chi connectivity index (χ1n) is 5.38. The van der Waals surface area contributed by atoms with Crippen LogP contribution in [0.5, 0.6) is 0 Å². The second kappa shape index (κ2) is 6.60. The van der Waals surface area contributed by atoms with Crippen LogP contribution < -0.4 is 0 Å². The molecule has 2 aromatic rings. The molecule has 0 saturated carbocycles. The number of aromatic nitrogens is 6. The van der Waals surface area contributed by atoms with E-state index in [-0.39, 0.29) is 0 Å². The molecule has 0 aliphatic carbocycles. The van der Waals surface area contributed by atoms with Gasteiger partial charge in [0, 0.05) is 5.75 Å². The highest BCUT2D eigenvalue weighted by molar-refractivity contribution is 7.99. The second-order valence-electron chi connectivity index (χ2n) is 3.24. The molecule has 94 valence electrons. The van der Waals surface area contributed by atoms with Crippen LogP contribution in [0.2, 0.25) is 0 Å². The lowest BCUT2D eigenvalue weighted by atomic mass is 10.5. The molecule has 2 heterocycles. The number of hydrogen-bond donors (Lipinski definition) is 0. The standard InChI is InChI=1S/C10H12N6S2/c1-3-4-18-10-14-6-12-8(16-10)7-11-5-13-9(15-7)17-2/h5-6H,3-4H2,1-2H3. The predicted octanol–water partition coefficient (Wildman–Crippen LogP) is 1.95. The molecule has 0 amide bonds. The summed E-state index contributed by atoms with van der Waals surface area (Å²) in [5.41, 5.74) is 0. The number of hydrogen-bond acceptors (Lipinski definition) is 8. The molecule has 0 aliphatic heterocycles. The van der Waals surface area contributed by atoms with E-state index in [2.05, 4.69) is 36.8 Å². The molecule has 0 bridgehead atoms. The maximum Gasteiger partial charge on any atom is 0.201 e. The zero-order valence-electron chi connectivity index (χ0n) is 10.1. The molecule has 0 saturated heterocycles. The van der Waals surface area contributed by atoms with Gasteiger partial charge in [0.2, 0.25) is 11.6 Å². The molecule has 2 aromatic heterocycles. The zero-order valence-corrected chi connectivity index (χ0v) is 11.7. The van der Waals surface area contributed by atoms with Crippen LogP contribution in [-0.2, 0) is 0 Å². The van der Waals surface area contributed by atoms with Crippen LogP contribution in [0.25, 0.3) is 11.6 Å². The first kappa shape index (κ1) is 13.2. The van der Waals surface area contributed by atoms with E-state index >= 15 is 0 Å². The Labute approximate surface area is 114 Å². The lowest BCUT2D eigenvalue weighted by Gasteiger charge is -2.01. The first-order chi connectivity index (χ1) is 8.83. The Morgan fingerprint density at radius 3 is 2.17 bits per heavy atom. The summed E-state index contributed by atoms with van der Waals surface area (Å²) in [4.78, 5) is 24.9. The number of rotatable bonds is 5. The van der Waals surface area contributed by atoms with Gasteiger partial charge in [-0.25, -0.2) is 19.9 Å². The molecule has 0 aliphatic rings. The fourth-order valence-corrected chi connectivity index (χ4v) is 2.13. The second-order valence-corrected chi connectivity index (χ2v) is 5.07. The molecule has 0 atom stereocenters. The minimum atomic E-state index is 0.482. The van der Waals surface area contributed by atoms with Crippen LogP contribution in [-0.4, -0.2) is 41.9 Å². The lowest BCUT2D eigenvalue weighted by molar-refractivity contribution is 0.859. The van der Waals surface area contributed by atoms with E-state index in [1.807, 2.05) is 6.26 Å². The average Bonchev–Trinajstić information content (AvgIpc) is 2.45. The van der Waals surface area contributed by atoms with Crippen molar-refractivity contribution in [1.29, 1.82) is 0 Å². The minimum Gasteiger partial charge on any atom is -0.213 e. The molecule has 8 heteroatoms. The summed E-state index contributed by atoms with van der Waals surface area (Å²) in [5.74, 6) is 1.95. The summed E-state index contributed by atoms with van der Waals surface area (Å²) in [6, 6.07) is 0. The molecular formula is C10H12N6S2. The van der Waals surface area contributed by atoms with Gasteiger partial charge in [-0.3, -0.25) is 0 Å². The zero-order chi connectivity index (χ0) is 12.8. The van der Waals surface area contributed by atoms with Crippen molar-refractivity contribution in [3.63, 3.8) is 0 Å². The quantitative estimate of drug-likeness (QED) is 0.769. The third kappa shape index (κ3) is 3.36. The normalized spacial score (nSPS) is 10.6. The van der Waals surface area contributed by atoms with Crippen molar-refractivity contribution < 1.29 is 0 Å². The van der Waals surface area contributed by atoms with Crippen molar-refractivity contribution in [2.24, 2.45) is 0 Å². The molecule has 2 rings (SSSR count). The number of thioether (sulfide) groups is 2. The Morgan fingerprint density at radius 1 is 0.944 bits per heavy atom. The Balaban J connectivity index is 2.26. The topological polar surface area (TPSA) is 77.3 Å². The molecule has 18 heavy (non-hydrogen) atoms. The summed E-state index contributed by atoms with van der Waals surface area (Å²) in [6.45, 7) is 2.12. The van der Waals surface area contributed by atoms with Crippen LogP contribution in [0.1, 0.15) is 13.3 Å². The first-order valence-corrected chi connectivity index (χ1v) is 7.59. The molecule has 0 spiro atoms. The van der Waals surface area contributed by atoms with Gasteiger partial charge in [0.25, 0.3) is 0 Å². The van der Waals surface area contributed by atoms with Crippen LogP contribution in [0.15, 0.2) is 23.0 Å². The van der Waals surface area contributed by atoms with Crippen LogP contribution in [0.4, 0.5) is 0 Å². The molecule has 0 radical (unpaired) electrons. The molecular weight excluding hydrogens is 268 g/mol. The van der Waals surface area contributed by atoms with Crippen molar-refractivity contribution in [1.82, 2.24) is 29.9 Å². The fourth-order valence-electron chi connectivity index (χ4n) is 1.14. The van der Waals surface area contributed by atoms with E-state index in [1.54, 1.807) is 11.8 Å². The Morgan fingerprint density at radius 2 is 1.56 bits per heavy atom. The van der Waals surface area contributed by atoms with Crippen molar-refractivity contribution in [2.75, 3.05) is 12.0 Å². The van der Waals surface area contributed by atoms with E-state index in [0.29, 0.717) is 22.0 Å². The van der Waals surface area contributed by atoms with Gasteiger partial charge >= 0.3 is 0 Å². The van der Waals surface area contributed by atoms with Gasteiger partial charge in [-0.1, -0.05) is 30.4 Å². The van der Waals surface area contributed by atoms with E-state index in [0.717, 1.165) is 12.2 Å². The van der Waals surface area contributed by atoms with E-state index in [9.17, 15) is 0 Å². The highest BCUT2D eigenvalue weighted by Gasteiger charge is 2.08. The largest absolute Gasteiger partial charge is 0.213 e. The minimum absolute atomic E-state index is 0.482. The van der Waals surface area contributed by atoms with Gasteiger partial charge in [-0.05, 0) is 12.7 Å². The van der Waals surface area contributed by atoms with E-state index in [1.165, 1.54) is 24.4 Å². The van der Waals surface area contributed by atoms with Crippen molar-refractivity contribution in [3.8, 4) is 11.6 Å². The van der Waals surface area contributed by atoms with Gasteiger partial charge in [0.1, 0.15) is 12.7 Å². The smallest absolute Gasteiger partial charge is 0.201 e. The Kier molecular flexibility index (Phi) is 4.82. The molecule has 0 unspecified atom stereocenters. The molecule has 6 nitrogen and oxygen atoms in total. The van der Waals surface area contributed by atoms with E-state index in [4.69, 9.17) is 0 Å². The summed E-state index contributed by atoms with van der Waals surface area (Å²) < 4.78 is 0. The van der Waals surface area contributed by atoms with Crippen molar-refractivity contribution >= 4 is 23.5 Å². The Hall–Kier alpha value is -1.28. The summed E-state index contributed by atoms with van der Waals surface area (Å²) in [6.07, 6.45) is 5.95. The van der Waals surface area contributed by atoms with Crippen LogP contribution in [0.3, 0.4) is 0 Å². The Bertz CT molecular complexity index is 521. The van der Waals surface area contributed by atoms with Crippen LogP contribution >= 0.6 is 23.5 Å². The van der Waals surface area contributed by atoms with Gasteiger partial charge < -0.3 is 0 Å². The lowest BCUT2D eigenvalue weighted by Crippen LogP contribution is -1.99. The van der Waals surface area contributed by atoms with Crippen LogP contribution in [0, 0.1) is 0 Å². The predicted molar refractivity (Wildman–Crippen MR) is 71.4 cm³/mol. The monoisotopic (exact) mass is 280 g/mol. The van der Waals surface area contributed by atoms with Gasteiger partial charge in [0.05, 0.1) is 0 Å². The molecule has 0 fully saturated rings. The molecule has 0 N–H and O–H groups in total. The fraction of sp³-hybridized carbons (Fsp3) is 0.400. The van der Waals surface area contributed by atoms with Crippen molar-refractivity contribution in [2.45, 2.75) is 23.7 Å². The number of nitrogens with zero attached hydrogens (tertiary/aromatic N) is 6. The maximum atomic E-state index is 4.33. The maximum absolute atomic E-state index is 4.33. The van der Waals surface area contributed by atoms with Gasteiger partial charge in [-0.15, -0.1) is 0 Å². The van der Waals surface area contributed by atoms with E-state index < -0.39 is 0 Å². The highest BCUT2D eigenvalue weighted by Crippen LogP contribution is 2.16.